The molecule has 0 aromatic carbocycles. The summed E-state index contributed by atoms with van der Waals surface area (Å²) in [7, 11) is 0. The normalized spacial score (nSPS) is 14.0. The Balaban J connectivity index is 1.35. The molecule has 0 spiro atoms. The molecule has 1 aliphatic rings. The van der Waals surface area contributed by atoms with E-state index in [1.54, 1.807) is 0 Å². The average Bonchev–Trinajstić information content (AvgIpc) is 3.09. The van der Waals surface area contributed by atoms with Gasteiger partial charge in [-0.3, -0.25) is 4.79 Å². The Hall–Kier alpha value is -3.00. The van der Waals surface area contributed by atoms with E-state index in [0.717, 1.165) is 29.1 Å². The van der Waals surface area contributed by atoms with Crippen LogP contribution in [0.4, 0.5) is 0 Å². The maximum Gasteiger partial charge on any atom is 0.272 e. The second-order valence-corrected chi connectivity index (χ2v) is 7.17. The highest BCUT2D eigenvalue weighted by atomic mass is 32.1. The molecule has 4 aromatic rings. The number of hydrogen-bond donors (Lipinski definition) is 1. The number of aromatic nitrogens is 4. The van der Waals surface area contributed by atoms with Crippen LogP contribution < -0.4 is 5.32 Å². The van der Waals surface area contributed by atoms with Crippen molar-refractivity contribution < 1.29 is 9.32 Å². The fourth-order valence-corrected chi connectivity index (χ4v) is 3.58. The zero-order valence-electron chi connectivity index (χ0n) is 13.8. The van der Waals surface area contributed by atoms with E-state index in [4.69, 9.17) is 4.52 Å². The van der Waals surface area contributed by atoms with Gasteiger partial charge in [0.25, 0.3) is 5.91 Å². The maximum absolute atomic E-state index is 12.6. The van der Waals surface area contributed by atoms with Crippen LogP contribution in [0, 0.1) is 0 Å². The third-order valence-electron chi connectivity index (χ3n) is 4.34. The van der Waals surface area contributed by atoms with Crippen LogP contribution >= 0.6 is 11.3 Å². The molecule has 1 aliphatic carbocycles. The van der Waals surface area contributed by atoms with E-state index < -0.39 is 0 Å². The highest BCUT2D eigenvalue weighted by Gasteiger charge is 2.30. The monoisotopic (exact) mass is 365 g/mol. The summed E-state index contributed by atoms with van der Waals surface area (Å²) < 4.78 is 7.23. The highest BCUT2D eigenvalue weighted by molar-refractivity contribution is 7.13. The summed E-state index contributed by atoms with van der Waals surface area (Å²) in [5, 5.41) is 8.73. The molecule has 1 N–H and O–H groups in total. The molecule has 5 rings (SSSR count). The predicted octanol–water partition coefficient (Wildman–Crippen LogP) is 3.25. The van der Waals surface area contributed by atoms with Gasteiger partial charge < -0.3 is 14.2 Å². The van der Waals surface area contributed by atoms with Gasteiger partial charge in [0, 0.05) is 12.1 Å². The minimum Gasteiger partial charge on any atom is -0.342 e. The second kappa shape index (κ2) is 6.06. The molecule has 1 amide bonds. The standard InChI is InChI=1S/C18H15N5O2S/c24-18(19-10-14-20-16(22-25-14)13-5-3-9-26-13)15-12-4-1-2-8-23(12)17(21-15)11-6-7-11/h1-5,8-9,11H,6-7,10H2,(H,19,24). The first kappa shape index (κ1) is 15.3. The van der Waals surface area contributed by atoms with Gasteiger partial charge in [-0.05, 0) is 36.4 Å². The lowest BCUT2D eigenvalue weighted by Crippen LogP contribution is -2.23. The Morgan fingerprint density at radius 3 is 3.00 bits per heavy atom. The molecule has 0 bridgehead atoms. The van der Waals surface area contributed by atoms with Gasteiger partial charge in [-0.2, -0.15) is 4.98 Å². The number of hydrogen-bond acceptors (Lipinski definition) is 6. The maximum atomic E-state index is 12.6. The summed E-state index contributed by atoms with van der Waals surface area (Å²) in [6.07, 6.45) is 4.21. The van der Waals surface area contributed by atoms with E-state index in [1.165, 1.54) is 11.3 Å². The average molecular weight is 365 g/mol. The molecule has 8 heteroatoms. The summed E-state index contributed by atoms with van der Waals surface area (Å²) in [4.78, 5) is 22.5. The molecular weight excluding hydrogens is 350 g/mol. The number of imidazole rings is 1. The zero-order chi connectivity index (χ0) is 17.5. The number of carbonyl (C=O) groups excluding carboxylic acids is 1. The Morgan fingerprint density at radius 2 is 2.19 bits per heavy atom. The third-order valence-corrected chi connectivity index (χ3v) is 5.21. The van der Waals surface area contributed by atoms with Gasteiger partial charge in [-0.1, -0.05) is 17.3 Å². The van der Waals surface area contributed by atoms with Gasteiger partial charge in [0.2, 0.25) is 11.7 Å². The molecule has 0 saturated heterocycles. The number of nitrogens with one attached hydrogen (secondary N) is 1. The van der Waals surface area contributed by atoms with Gasteiger partial charge in [-0.15, -0.1) is 11.3 Å². The number of pyridine rings is 1. The van der Waals surface area contributed by atoms with Crippen LogP contribution in [0.1, 0.15) is 41.0 Å². The van der Waals surface area contributed by atoms with Crippen molar-refractivity contribution in [3.63, 3.8) is 0 Å². The SMILES string of the molecule is O=C(NCc1nc(-c2cccs2)no1)c1nc(C2CC2)n2ccccc12. The molecule has 1 saturated carbocycles. The molecule has 7 nitrogen and oxygen atoms in total. The summed E-state index contributed by atoms with van der Waals surface area (Å²) in [6.45, 7) is 0.168. The Bertz CT molecular complexity index is 1080. The zero-order valence-corrected chi connectivity index (χ0v) is 14.6. The fraction of sp³-hybridized carbons (Fsp3) is 0.222. The molecule has 130 valence electrons. The number of fused-ring (bicyclic) bond motifs is 1. The Labute approximate surface area is 152 Å². The van der Waals surface area contributed by atoms with E-state index >= 15 is 0 Å². The van der Waals surface area contributed by atoms with Crippen molar-refractivity contribution in [2.75, 3.05) is 0 Å². The molecule has 1 fully saturated rings. The highest BCUT2D eigenvalue weighted by Crippen LogP contribution is 2.40. The van der Waals surface area contributed by atoms with Gasteiger partial charge >= 0.3 is 0 Å². The quantitative estimate of drug-likeness (QED) is 0.587. The van der Waals surface area contributed by atoms with E-state index in [9.17, 15) is 4.79 Å². The lowest BCUT2D eigenvalue weighted by molar-refractivity contribution is 0.0943. The first-order valence-corrected chi connectivity index (χ1v) is 9.29. The van der Waals surface area contributed by atoms with Gasteiger partial charge in [0.1, 0.15) is 5.82 Å². The summed E-state index contributed by atoms with van der Waals surface area (Å²) >= 11 is 1.54. The molecule has 0 aliphatic heterocycles. The number of thiophene rings is 1. The van der Waals surface area contributed by atoms with Crippen molar-refractivity contribution in [1.82, 2.24) is 24.8 Å². The van der Waals surface area contributed by atoms with Crippen molar-refractivity contribution in [2.24, 2.45) is 0 Å². The topological polar surface area (TPSA) is 85.3 Å². The van der Waals surface area contributed by atoms with Crippen LogP contribution in [0.15, 0.2) is 46.4 Å². The number of nitrogens with zero attached hydrogens (tertiary/aromatic N) is 4. The number of amides is 1. The van der Waals surface area contributed by atoms with Gasteiger partial charge in [0.05, 0.1) is 16.9 Å². The number of rotatable bonds is 5. The lowest BCUT2D eigenvalue weighted by Gasteiger charge is -2.00. The van der Waals surface area contributed by atoms with Crippen LogP contribution in [-0.2, 0) is 6.54 Å². The van der Waals surface area contributed by atoms with Crippen LogP contribution in [0.3, 0.4) is 0 Å². The molecular formula is C18H15N5O2S. The first-order valence-electron chi connectivity index (χ1n) is 8.41. The molecule has 0 unspecified atom stereocenters. The fourth-order valence-electron chi connectivity index (χ4n) is 2.93. The molecule has 26 heavy (non-hydrogen) atoms. The van der Waals surface area contributed by atoms with Crippen LogP contribution in [0.5, 0.6) is 0 Å². The van der Waals surface area contributed by atoms with Crippen LogP contribution in [0.25, 0.3) is 16.2 Å². The molecule has 0 radical (unpaired) electrons. The summed E-state index contributed by atoms with van der Waals surface area (Å²) in [6, 6.07) is 9.63. The summed E-state index contributed by atoms with van der Waals surface area (Å²) in [5.74, 6) is 2.08. The lowest BCUT2D eigenvalue weighted by atomic mass is 10.3. The smallest absolute Gasteiger partial charge is 0.272 e. The molecule has 4 aromatic heterocycles. The first-order chi connectivity index (χ1) is 12.8. The van der Waals surface area contributed by atoms with Gasteiger partial charge in [0.15, 0.2) is 5.69 Å². The van der Waals surface area contributed by atoms with E-state index in [-0.39, 0.29) is 12.5 Å². The van der Waals surface area contributed by atoms with Crippen molar-refractivity contribution >= 4 is 22.8 Å². The Morgan fingerprint density at radius 1 is 1.27 bits per heavy atom. The van der Waals surface area contributed by atoms with E-state index in [1.807, 2.05) is 46.3 Å². The minimum atomic E-state index is -0.239. The summed E-state index contributed by atoms with van der Waals surface area (Å²) in [5.41, 5.74) is 1.25. The largest absolute Gasteiger partial charge is 0.342 e. The van der Waals surface area contributed by atoms with E-state index in [2.05, 4.69) is 20.4 Å². The van der Waals surface area contributed by atoms with Crippen LogP contribution in [0.2, 0.25) is 0 Å². The second-order valence-electron chi connectivity index (χ2n) is 6.22. The van der Waals surface area contributed by atoms with Crippen LogP contribution in [-0.4, -0.2) is 25.4 Å². The van der Waals surface area contributed by atoms with E-state index in [0.29, 0.717) is 23.3 Å². The van der Waals surface area contributed by atoms with Crippen molar-refractivity contribution in [3.05, 3.63) is 59.3 Å². The molecule has 0 atom stereocenters. The third kappa shape index (κ3) is 2.68. The predicted molar refractivity (Wildman–Crippen MR) is 95.9 cm³/mol. The molecule has 4 heterocycles. The van der Waals surface area contributed by atoms with Crippen molar-refractivity contribution in [2.45, 2.75) is 25.3 Å². The number of carbonyl (C=O) groups is 1. The Kier molecular flexibility index (Phi) is 3.56. The van der Waals surface area contributed by atoms with Crippen molar-refractivity contribution in [3.8, 4) is 10.7 Å². The minimum absolute atomic E-state index is 0.168. The van der Waals surface area contributed by atoms with Crippen molar-refractivity contribution in [1.29, 1.82) is 0 Å². The van der Waals surface area contributed by atoms with Gasteiger partial charge in [-0.25, -0.2) is 4.98 Å².